The molecule has 0 aliphatic rings. The normalized spacial score (nSPS) is 9.87. The first-order chi connectivity index (χ1) is 13.5. The van der Waals surface area contributed by atoms with E-state index in [1.54, 1.807) is 13.2 Å². The predicted octanol–water partition coefficient (Wildman–Crippen LogP) is 4.80. The molecule has 0 saturated heterocycles. The Morgan fingerprint density at radius 3 is 1.61 bits per heavy atom. The van der Waals surface area contributed by atoms with E-state index < -0.39 is 0 Å². The molecule has 0 fully saturated rings. The van der Waals surface area contributed by atoms with Crippen molar-refractivity contribution in [2.24, 2.45) is 11.8 Å². The number of rotatable bonds is 13. The summed E-state index contributed by atoms with van der Waals surface area (Å²) in [5, 5.41) is 6.76. The smallest absolute Gasteiger partial charge is 0.222 e. The van der Waals surface area contributed by atoms with E-state index in [4.69, 9.17) is 4.79 Å². The monoisotopic (exact) mass is 592 g/mol. The van der Waals surface area contributed by atoms with E-state index in [0.717, 1.165) is 38.0 Å². The first-order valence-corrected chi connectivity index (χ1v) is 11.6. The van der Waals surface area contributed by atoms with Crippen LogP contribution in [0.5, 0.6) is 0 Å². The molecule has 0 spiro atoms. The number of nitrogens with one attached hydrogen (secondary N) is 2. The van der Waals surface area contributed by atoms with Gasteiger partial charge in [0.05, 0.1) is 0 Å². The summed E-state index contributed by atoms with van der Waals surface area (Å²) in [6, 6.07) is 0.947. The van der Waals surface area contributed by atoms with Crippen molar-refractivity contribution in [2.75, 3.05) is 26.2 Å². The summed E-state index contributed by atoms with van der Waals surface area (Å²) < 4.78 is 0. The summed E-state index contributed by atoms with van der Waals surface area (Å²) in [5.41, 5.74) is 0. The maximum atomic E-state index is 11.6. The number of carbonyl (C=O) groups is 1. The van der Waals surface area contributed by atoms with E-state index in [2.05, 4.69) is 66.0 Å². The van der Waals surface area contributed by atoms with E-state index in [-0.39, 0.29) is 71.3 Å². The van der Waals surface area contributed by atoms with Gasteiger partial charge in [-0.1, -0.05) is 55.4 Å². The summed E-state index contributed by atoms with van der Waals surface area (Å²) in [7, 11) is 0. The largest absolute Gasteiger partial charge is 0.542 e. The number of amides is 1. The molecule has 0 aliphatic carbocycles. The Balaban J connectivity index is -0.000000128. The SMILES string of the molecule is CC(C)CCNC(C)C.CCC(=O)N(CCNCCC(C)C)C(C)C.CC[C-]=O.[Y].[Y]. The molecule has 0 aromatic carbocycles. The van der Waals surface area contributed by atoms with Crippen LogP contribution in [0.3, 0.4) is 0 Å². The zero-order valence-corrected chi connectivity index (χ0v) is 28.1. The molecular formula is C24H52N3O2Y2-. The molecule has 0 unspecified atom stereocenters. The van der Waals surface area contributed by atoms with Crippen LogP contribution >= 0.6 is 0 Å². The molecule has 0 heterocycles. The van der Waals surface area contributed by atoms with Crippen molar-refractivity contribution in [3.05, 3.63) is 0 Å². The second kappa shape index (κ2) is 31.3. The van der Waals surface area contributed by atoms with Gasteiger partial charge in [-0.2, -0.15) is 6.42 Å². The molecule has 182 valence electrons. The Kier molecular flexibility index (Phi) is 42.8. The van der Waals surface area contributed by atoms with Crippen molar-refractivity contribution in [2.45, 2.75) is 107 Å². The summed E-state index contributed by atoms with van der Waals surface area (Å²) >= 11 is 0. The molecule has 7 heteroatoms. The minimum Gasteiger partial charge on any atom is -0.542 e. The minimum absolute atomic E-state index is 0. The van der Waals surface area contributed by atoms with Crippen LogP contribution in [0.2, 0.25) is 0 Å². The maximum absolute atomic E-state index is 11.6. The van der Waals surface area contributed by atoms with Crippen molar-refractivity contribution in [3.8, 4) is 0 Å². The van der Waals surface area contributed by atoms with E-state index in [1.165, 1.54) is 12.8 Å². The minimum atomic E-state index is 0. The first kappa shape index (κ1) is 42.4. The van der Waals surface area contributed by atoms with Crippen molar-refractivity contribution in [1.29, 1.82) is 0 Å². The summed E-state index contributed by atoms with van der Waals surface area (Å²) in [5.74, 6) is 1.82. The van der Waals surface area contributed by atoms with Gasteiger partial charge < -0.3 is 20.3 Å². The van der Waals surface area contributed by atoms with Crippen molar-refractivity contribution in [3.63, 3.8) is 0 Å². The van der Waals surface area contributed by atoms with Crippen molar-refractivity contribution >= 4 is 12.2 Å². The van der Waals surface area contributed by atoms with Crippen LogP contribution in [0.1, 0.15) is 94.9 Å². The quantitative estimate of drug-likeness (QED) is 0.238. The summed E-state index contributed by atoms with van der Waals surface area (Å²) in [4.78, 5) is 22.6. The van der Waals surface area contributed by atoms with Crippen LogP contribution in [0.25, 0.3) is 0 Å². The van der Waals surface area contributed by atoms with Gasteiger partial charge in [0.25, 0.3) is 0 Å². The Hall–Kier alpha value is 1.27. The molecule has 0 saturated carbocycles. The fourth-order valence-electron chi connectivity index (χ4n) is 2.25. The van der Waals surface area contributed by atoms with E-state index >= 15 is 0 Å². The van der Waals surface area contributed by atoms with Crippen LogP contribution in [0.15, 0.2) is 0 Å². The Morgan fingerprint density at radius 1 is 0.839 bits per heavy atom. The zero-order valence-electron chi connectivity index (χ0n) is 22.4. The Labute approximate surface area is 245 Å². The van der Waals surface area contributed by atoms with Crippen molar-refractivity contribution < 1.29 is 75.0 Å². The van der Waals surface area contributed by atoms with Crippen LogP contribution in [0, 0.1) is 11.8 Å². The molecule has 0 aromatic heterocycles. The molecule has 31 heavy (non-hydrogen) atoms. The maximum Gasteiger partial charge on any atom is 0.222 e. The third-order valence-electron chi connectivity index (χ3n) is 4.09. The molecule has 0 rings (SSSR count). The van der Waals surface area contributed by atoms with Gasteiger partial charge in [-0.05, 0) is 51.6 Å². The third kappa shape index (κ3) is 38.8. The van der Waals surface area contributed by atoms with Crippen LogP contribution in [0.4, 0.5) is 0 Å². The summed E-state index contributed by atoms with van der Waals surface area (Å²) in [6.07, 6.45) is 5.28. The van der Waals surface area contributed by atoms with Crippen molar-refractivity contribution in [1.82, 2.24) is 15.5 Å². The Morgan fingerprint density at radius 2 is 1.29 bits per heavy atom. The molecule has 0 aliphatic heterocycles. The fourth-order valence-corrected chi connectivity index (χ4v) is 2.25. The van der Waals surface area contributed by atoms with Gasteiger partial charge >= 0.3 is 0 Å². The zero-order chi connectivity index (χ0) is 23.2. The van der Waals surface area contributed by atoms with Crippen LogP contribution in [-0.2, 0) is 75.0 Å². The van der Waals surface area contributed by atoms with E-state index in [0.29, 0.717) is 24.9 Å². The third-order valence-corrected chi connectivity index (χ3v) is 4.09. The number of nitrogens with zero attached hydrogens (tertiary/aromatic N) is 1. The van der Waals surface area contributed by atoms with Crippen LogP contribution < -0.4 is 10.6 Å². The number of hydrogen-bond acceptors (Lipinski definition) is 4. The second-order valence-corrected chi connectivity index (χ2v) is 8.76. The topological polar surface area (TPSA) is 61.4 Å². The average molecular weight is 593 g/mol. The fraction of sp³-hybridized carbons (Fsp3) is 0.917. The van der Waals surface area contributed by atoms with Gasteiger partial charge in [0.15, 0.2) is 0 Å². The van der Waals surface area contributed by atoms with Gasteiger partial charge in [0.2, 0.25) is 5.91 Å². The number of hydrogen-bond donors (Lipinski definition) is 2. The molecular weight excluding hydrogens is 540 g/mol. The standard InChI is InChI=1S/C13H28N2O.C8H19N.C3H5O.2Y/c1-6-13(16)15(12(4)5)10-9-14-8-7-11(2)3;1-7(2)5-6-9-8(3)4;1-2-3-4;;/h11-12,14H,6-10H2,1-5H3;7-9H,5-6H2,1-4H3;2H2,1H3;;/q;;-1;;. The molecule has 2 radical (unpaired) electrons. The average Bonchev–Trinajstić information content (AvgIpc) is 2.63. The summed E-state index contributed by atoms with van der Waals surface area (Å²) in [6.45, 7) is 25.1. The second-order valence-electron chi connectivity index (χ2n) is 8.76. The van der Waals surface area contributed by atoms with E-state index in [1.807, 2.05) is 11.8 Å². The number of carbonyl (C=O) groups excluding carboxylic acids is 2. The Bertz CT molecular complexity index is 359. The van der Waals surface area contributed by atoms with Gasteiger partial charge in [-0.3, -0.25) is 11.1 Å². The van der Waals surface area contributed by atoms with Crippen LogP contribution in [-0.4, -0.2) is 55.4 Å². The van der Waals surface area contributed by atoms with Gasteiger partial charge in [-0.25, -0.2) is 0 Å². The van der Waals surface area contributed by atoms with Gasteiger partial charge in [0.1, 0.15) is 0 Å². The molecule has 1 amide bonds. The molecule has 0 atom stereocenters. The molecule has 5 nitrogen and oxygen atoms in total. The van der Waals surface area contributed by atoms with E-state index in [9.17, 15) is 4.79 Å². The molecule has 2 N–H and O–H groups in total. The van der Waals surface area contributed by atoms with Gasteiger partial charge in [-0.15, -0.1) is 0 Å². The van der Waals surface area contributed by atoms with Gasteiger partial charge in [0, 0.05) is 97.0 Å². The molecule has 0 aromatic rings. The predicted molar refractivity (Wildman–Crippen MR) is 128 cm³/mol. The molecule has 0 bridgehead atoms. The first-order valence-electron chi connectivity index (χ1n) is 11.6.